The van der Waals surface area contributed by atoms with E-state index in [0.717, 1.165) is 5.56 Å². The molecule has 0 heterocycles. The highest BCUT2D eigenvalue weighted by Crippen LogP contribution is 2.15. The fourth-order valence-electron chi connectivity index (χ4n) is 1.72. The lowest BCUT2D eigenvalue weighted by molar-refractivity contribution is -0.141. The second-order valence-electron chi connectivity index (χ2n) is 4.69. The van der Waals surface area contributed by atoms with Crippen LogP contribution in [0.1, 0.15) is 37.8 Å². The predicted octanol–water partition coefficient (Wildman–Crippen LogP) is 1.94. The fourth-order valence-corrected chi connectivity index (χ4v) is 1.72. The zero-order valence-electron chi connectivity index (χ0n) is 10.9. The minimum atomic E-state index is -1.02. The molecule has 4 nitrogen and oxygen atoms in total. The van der Waals surface area contributed by atoms with Gasteiger partial charge in [-0.15, -0.1) is 0 Å². The Kier molecular flexibility index (Phi) is 4.89. The maximum absolute atomic E-state index is 11.0. The number of carbonyl (C=O) groups excluding carboxylic acids is 1. The molecule has 0 bridgehead atoms. The van der Waals surface area contributed by atoms with Gasteiger partial charge in [0, 0.05) is 13.3 Å². The number of hydrogen-bond donors (Lipinski definition) is 2. The third-order valence-electron chi connectivity index (χ3n) is 2.76. The Morgan fingerprint density at radius 3 is 2.17 bits per heavy atom. The lowest BCUT2D eigenvalue weighted by Gasteiger charge is -2.14. The molecule has 1 aromatic carbocycles. The Hall–Kier alpha value is -1.84. The highest BCUT2D eigenvalue weighted by Gasteiger charge is 2.18. The van der Waals surface area contributed by atoms with Gasteiger partial charge in [0.1, 0.15) is 6.04 Å². The number of hydrogen-bond acceptors (Lipinski definition) is 2. The summed E-state index contributed by atoms with van der Waals surface area (Å²) in [5.41, 5.74) is 2.12. The lowest BCUT2D eigenvalue weighted by Crippen LogP contribution is -2.41. The van der Waals surface area contributed by atoms with Gasteiger partial charge >= 0.3 is 5.97 Å². The quantitative estimate of drug-likeness (QED) is 0.838. The molecule has 0 aliphatic rings. The van der Waals surface area contributed by atoms with Crippen LogP contribution >= 0.6 is 0 Å². The Bertz CT molecular complexity index is 423. The van der Waals surface area contributed by atoms with Crippen LogP contribution in [0.4, 0.5) is 0 Å². The topological polar surface area (TPSA) is 66.4 Å². The summed E-state index contributed by atoms with van der Waals surface area (Å²) in [5, 5.41) is 11.4. The fraction of sp³-hybridized carbons (Fsp3) is 0.429. The molecule has 1 atom stereocenters. The highest BCUT2D eigenvalue weighted by molar-refractivity contribution is 5.82. The standard InChI is InChI=1S/C14H19NO3/c1-9(2)12-6-4-11(5-7-12)8-13(14(17)18)15-10(3)16/h4-7,9,13H,8H2,1-3H3,(H,15,16)(H,17,18)/t13-/m0/s1. The zero-order chi connectivity index (χ0) is 13.7. The van der Waals surface area contributed by atoms with Crippen LogP contribution in [-0.4, -0.2) is 23.0 Å². The summed E-state index contributed by atoms with van der Waals surface area (Å²) in [6.45, 7) is 5.52. The van der Waals surface area contributed by atoms with Gasteiger partial charge in [-0.1, -0.05) is 38.1 Å². The average Bonchev–Trinajstić information content (AvgIpc) is 2.28. The predicted molar refractivity (Wildman–Crippen MR) is 69.5 cm³/mol. The molecule has 0 aliphatic heterocycles. The van der Waals surface area contributed by atoms with E-state index in [9.17, 15) is 9.59 Å². The van der Waals surface area contributed by atoms with Crippen LogP contribution in [0, 0.1) is 0 Å². The van der Waals surface area contributed by atoms with Crippen molar-refractivity contribution < 1.29 is 14.7 Å². The van der Waals surface area contributed by atoms with E-state index in [0.29, 0.717) is 12.3 Å². The smallest absolute Gasteiger partial charge is 0.326 e. The third-order valence-corrected chi connectivity index (χ3v) is 2.76. The number of carboxylic acids is 1. The zero-order valence-corrected chi connectivity index (χ0v) is 10.9. The van der Waals surface area contributed by atoms with Crippen molar-refractivity contribution in [3.05, 3.63) is 35.4 Å². The van der Waals surface area contributed by atoms with Crippen LogP contribution in [-0.2, 0) is 16.0 Å². The maximum atomic E-state index is 11.0. The van der Waals surface area contributed by atoms with Gasteiger partial charge in [-0.2, -0.15) is 0 Å². The first-order valence-electron chi connectivity index (χ1n) is 5.99. The molecule has 0 spiro atoms. The van der Waals surface area contributed by atoms with Crippen molar-refractivity contribution in [3.63, 3.8) is 0 Å². The van der Waals surface area contributed by atoms with Gasteiger partial charge in [0.25, 0.3) is 0 Å². The molecule has 0 radical (unpaired) electrons. The SMILES string of the molecule is CC(=O)N[C@@H](Cc1ccc(C(C)C)cc1)C(=O)O. The molecule has 98 valence electrons. The van der Waals surface area contributed by atoms with Gasteiger partial charge in [0.2, 0.25) is 5.91 Å². The van der Waals surface area contributed by atoms with Gasteiger partial charge in [0.05, 0.1) is 0 Å². The molecule has 1 rings (SSSR count). The third kappa shape index (κ3) is 4.20. The van der Waals surface area contributed by atoms with Crippen LogP contribution in [0.3, 0.4) is 0 Å². The molecule has 0 aliphatic carbocycles. The van der Waals surface area contributed by atoms with Crippen molar-refractivity contribution in [1.29, 1.82) is 0 Å². The first-order valence-corrected chi connectivity index (χ1v) is 5.99. The second-order valence-corrected chi connectivity index (χ2v) is 4.69. The number of benzene rings is 1. The Labute approximate surface area is 107 Å². The number of carboxylic acid groups (broad SMARTS) is 1. The largest absolute Gasteiger partial charge is 0.480 e. The first-order chi connectivity index (χ1) is 8.40. The van der Waals surface area contributed by atoms with Crippen molar-refractivity contribution in [2.24, 2.45) is 0 Å². The first kappa shape index (κ1) is 14.2. The molecule has 0 saturated carbocycles. The van der Waals surface area contributed by atoms with Gasteiger partial charge in [0.15, 0.2) is 0 Å². The van der Waals surface area contributed by atoms with E-state index in [1.165, 1.54) is 12.5 Å². The number of aliphatic carboxylic acids is 1. The second kappa shape index (κ2) is 6.19. The van der Waals surface area contributed by atoms with Crippen LogP contribution in [0.5, 0.6) is 0 Å². The summed E-state index contributed by atoms with van der Waals surface area (Å²) in [4.78, 5) is 21.9. The molecular weight excluding hydrogens is 230 g/mol. The summed E-state index contributed by atoms with van der Waals surface area (Å²) in [6.07, 6.45) is 0.299. The summed E-state index contributed by atoms with van der Waals surface area (Å²) >= 11 is 0. The molecule has 0 saturated heterocycles. The van der Waals surface area contributed by atoms with Gasteiger partial charge in [-0.3, -0.25) is 4.79 Å². The Balaban J connectivity index is 2.75. The van der Waals surface area contributed by atoms with E-state index in [-0.39, 0.29) is 5.91 Å². The highest BCUT2D eigenvalue weighted by atomic mass is 16.4. The molecule has 4 heteroatoms. The maximum Gasteiger partial charge on any atom is 0.326 e. The van der Waals surface area contributed by atoms with Crippen LogP contribution < -0.4 is 5.32 Å². The van der Waals surface area contributed by atoms with Crippen LogP contribution in [0.25, 0.3) is 0 Å². The van der Waals surface area contributed by atoms with Crippen molar-refractivity contribution in [3.8, 4) is 0 Å². The molecular formula is C14H19NO3. The van der Waals surface area contributed by atoms with E-state index >= 15 is 0 Å². The Morgan fingerprint density at radius 1 is 1.22 bits per heavy atom. The average molecular weight is 249 g/mol. The van der Waals surface area contributed by atoms with E-state index in [1.54, 1.807) is 0 Å². The number of carbonyl (C=O) groups is 2. The molecule has 0 aromatic heterocycles. The van der Waals surface area contributed by atoms with Crippen molar-refractivity contribution in [2.45, 2.75) is 39.2 Å². The molecule has 1 amide bonds. The van der Waals surface area contributed by atoms with E-state index in [1.807, 2.05) is 24.3 Å². The van der Waals surface area contributed by atoms with Gasteiger partial charge in [-0.25, -0.2) is 4.79 Å². The molecule has 0 fully saturated rings. The molecule has 1 aromatic rings. The number of rotatable bonds is 5. The molecule has 18 heavy (non-hydrogen) atoms. The van der Waals surface area contributed by atoms with Gasteiger partial charge in [-0.05, 0) is 17.0 Å². The molecule has 2 N–H and O–H groups in total. The monoisotopic (exact) mass is 249 g/mol. The van der Waals surface area contributed by atoms with E-state index in [4.69, 9.17) is 5.11 Å². The van der Waals surface area contributed by atoms with E-state index < -0.39 is 12.0 Å². The van der Waals surface area contributed by atoms with Crippen LogP contribution in [0.2, 0.25) is 0 Å². The van der Waals surface area contributed by atoms with Crippen molar-refractivity contribution in [2.75, 3.05) is 0 Å². The number of amides is 1. The minimum Gasteiger partial charge on any atom is -0.480 e. The van der Waals surface area contributed by atoms with Crippen molar-refractivity contribution in [1.82, 2.24) is 5.32 Å². The van der Waals surface area contributed by atoms with E-state index in [2.05, 4.69) is 19.2 Å². The Morgan fingerprint density at radius 2 is 1.78 bits per heavy atom. The summed E-state index contributed by atoms with van der Waals surface area (Å²) in [6, 6.07) is 6.94. The number of nitrogens with one attached hydrogen (secondary N) is 1. The summed E-state index contributed by atoms with van der Waals surface area (Å²) in [5.74, 6) is -0.899. The van der Waals surface area contributed by atoms with Gasteiger partial charge < -0.3 is 10.4 Å². The molecule has 0 unspecified atom stereocenters. The summed E-state index contributed by atoms with van der Waals surface area (Å²) < 4.78 is 0. The lowest BCUT2D eigenvalue weighted by atomic mass is 9.99. The van der Waals surface area contributed by atoms with Crippen molar-refractivity contribution >= 4 is 11.9 Å². The summed E-state index contributed by atoms with van der Waals surface area (Å²) in [7, 11) is 0. The minimum absolute atomic E-state index is 0.299. The van der Waals surface area contributed by atoms with Crippen LogP contribution in [0.15, 0.2) is 24.3 Å². The normalized spacial score (nSPS) is 12.2.